The second-order valence-electron chi connectivity index (χ2n) is 4.72. The minimum Gasteiger partial charge on any atom is -0.398 e. The molecule has 0 saturated carbocycles. The monoisotopic (exact) mass is 305 g/mol. The number of aromatic nitrogens is 2. The number of nitrogen functional groups attached to an aromatic ring is 1. The molecule has 8 heteroatoms. The normalized spacial score (nSPS) is 11.3. The second kappa shape index (κ2) is 5.46. The summed E-state index contributed by atoms with van der Waals surface area (Å²) in [6.07, 6.45) is 1.51. The highest BCUT2D eigenvalue weighted by Gasteiger charge is 2.20. The lowest BCUT2D eigenvalue weighted by Gasteiger charge is -2.14. The lowest BCUT2D eigenvalue weighted by atomic mass is 10.2. The van der Waals surface area contributed by atoms with Crippen LogP contribution in [-0.4, -0.2) is 18.2 Å². The third kappa shape index (κ3) is 2.98. The fourth-order valence-electron chi connectivity index (χ4n) is 1.86. The van der Waals surface area contributed by atoms with E-state index >= 15 is 0 Å². The number of nitrogens with two attached hydrogens (primary N) is 1. The van der Waals surface area contributed by atoms with Gasteiger partial charge in [-0.15, -0.1) is 0 Å². The molecule has 0 fully saturated rings. The van der Waals surface area contributed by atoms with Gasteiger partial charge in [-0.3, -0.25) is 4.72 Å². The Balaban J connectivity index is 2.39. The first-order valence-electron chi connectivity index (χ1n) is 6.21. The molecule has 0 aliphatic heterocycles. The minimum absolute atomic E-state index is 0.0102. The van der Waals surface area contributed by atoms with Crippen molar-refractivity contribution in [3.8, 4) is 6.07 Å². The van der Waals surface area contributed by atoms with Crippen molar-refractivity contribution in [3.05, 3.63) is 36.0 Å². The van der Waals surface area contributed by atoms with Gasteiger partial charge >= 0.3 is 0 Å². The summed E-state index contributed by atoms with van der Waals surface area (Å²) < 4.78 is 28.8. The first kappa shape index (κ1) is 14.9. The van der Waals surface area contributed by atoms with Crippen LogP contribution >= 0.6 is 0 Å². The van der Waals surface area contributed by atoms with Crippen LogP contribution < -0.4 is 10.5 Å². The third-order valence-corrected chi connectivity index (χ3v) is 4.26. The largest absolute Gasteiger partial charge is 0.398 e. The Morgan fingerprint density at radius 2 is 2.10 bits per heavy atom. The predicted molar refractivity (Wildman–Crippen MR) is 79.0 cm³/mol. The average molecular weight is 305 g/mol. The molecule has 0 radical (unpaired) electrons. The van der Waals surface area contributed by atoms with Crippen molar-refractivity contribution < 1.29 is 8.42 Å². The van der Waals surface area contributed by atoms with E-state index in [0.29, 0.717) is 11.4 Å². The van der Waals surface area contributed by atoms with Gasteiger partial charge in [0.15, 0.2) is 0 Å². The minimum atomic E-state index is -3.84. The zero-order valence-corrected chi connectivity index (χ0v) is 12.4. The maximum atomic E-state index is 12.4. The zero-order chi connectivity index (χ0) is 15.6. The zero-order valence-electron chi connectivity index (χ0n) is 11.6. The van der Waals surface area contributed by atoms with Gasteiger partial charge in [0.2, 0.25) is 0 Å². The van der Waals surface area contributed by atoms with E-state index in [9.17, 15) is 8.42 Å². The van der Waals surface area contributed by atoms with Crippen molar-refractivity contribution in [3.63, 3.8) is 0 Å². The van der Waals surface area contributed by atoms with Crippen LogP contribution in [0.5, 0.6) is 0 Å². The van der Waals surface area contributed by atoms with Crippen molar-refractivity contribution in [2.45, 2.75) is 24.8 Å². The molecule has 0 atom stereocenters. The Labute approximate surface area is 123 Å². The van der Waals surface area contributed by atoms with Crippen LogP contribution in [0.1, 0.15) is 25.5 Å². The van der Waals surface area contributed by atoms with Crippen LogP contribution in [0.15, 0.2) is 35.4 Å². The van der Waals surface area contributed by atoms with E-state index in [1.807, 2.05) is 19.9 Å². The van der Waals surface area contributed by atoms with Gasteiger partial charge in [-0.05, 0) is 32.0 Å². The molecule has 1 aromatic heterocycles. The number of hydrogen-bond donors (Lipinski definition) is 2. The smallest absolute Gasteiger partial charge is 0.265 e. The summed E-state index contributed by atoms with van der Waals surface area (Å²) in [6.45, 7) is 3.78. The van der Waals surface area contributed by atoms with Crippen molar-refractivity contribution in [2.75, 3.05) is 10.5 Å². The van der Waals surface area contributed by atoms with Gasteiger partial charge in [0, 0.05) is 12.1 Å². The molecule has 21 heavy (non-hydrogen) atoms. The van der Waals surface area contributed by atoms with Crippen LogP contribution in [0.2, 0.25) is 0 Å². The summed E-state index contributed by atoms with van der Waals surface area (Å²) in [6, 6.07) is 7.53. The van der Waals surface area contributed by atoms with Crippen LogP contribution in [0.25, 0.3) is 0 Å². The Morgan fingerprint density at radius 3 is 2.67 bits per heavy atom. The number of nitriles is 1. The number of benzene rings is 1. The summed E-state index contributed by atoms with van der Waals surface area (Å²) in [5, 5.41) is 12.8. The van der Waals surface area contributed by atoms with E-state index in [4.69, 9.17) is 11.0 Å². The molecule has 0 bridgehead atoms. The first-order valence-corrected chi connectivity index (χ1v) is 7.69. The molecule has 1 heterocycles. The van der Waals surface area contributed by atoms with Gasteiger partial charge in [-0.25, -0.2) is 13.1 Å². The van der Waals surface area contributed by atoms with Crippen LogP contribution in [0.4, 0.5) is 11.5 Å². The molecule has 0 aliphatic rings. The van der Waals surface area contributed by atoms with E-state index in [-0.39, 0.29) is 16.6 Å². The third-order valence-electron chi connectivity index (χ3n) is 2.83. The Hall–Kier alpha value is -2.53. The van der Waals surface area contributed by atoms with Crippen LogP contribution in [-0.2, 0) is 10.0 Å². The number of nitrogens with zero attached hydrogens (tertiary/aromatic N) is 3. The molecule has 0 spiro atoms. The fourth-order valence-corrected chi connectivity index (χ4v) is 3.03. The predicted octanol–water partition coefficient (Wildman–Crippen LogP) is 1.72. The molecule has 7 nitrogen and oxygen atoms in total. The highest BCUT2D eigenvalue weighted by molar-refractivity contribution is 7.92. The number of hydrogen-bond acceptors (Lipinski definition) is 5. The van der Waals surface area contributed by atoms with E-state index in [2.05, 4.69) is 9.82 Å². The quantitative estimate of drug-likeness (QED) is 0.835. The van der Waals surface area contributed by atoms with Crippen molar-refractivity contribution in [1.29, 1.82) is 5.26 Å². The van der Waals surface area contributed by atoms with E-state index in [1.54, 1.807) is 10.7 Å². The van der Waals surface area contributed by atoms with E-state index in [0.717, 1.165) is 0 Å². The maximum Gasteiger partial charge on any atom is 0.265 e. The van der Waals surface area contributed by atoms with Gasteiger partial charge in [0.1, 0.15) is 10.7 Å². The summed E-state index contributed by atoms with van der Waals surface area (Å²) in [5.74, 6) is 0.355. The molecule has 2 aromatic rings. The Bertz CT molecular complexity index is 802. The topological polar surface area (TPSA) is 114 Å². The van der Waals surface area contributed by atoms with Crippen molar-refractivity contribution in [2.24, 2.45) is 0 Å². The Morgan fingerprint density at radius 1 is 1.38 bits per heavy atom. The molecule has 0 unspecified atom stereocenters. The second-order valence-corrected chi connectivity index (χ2v) is 6.38. The molecular formula is C13H15N5O2S. The molecule has 0 aliphatic carbocycles. The van der Waals surface area contributed by atoms with Gasteiger partial charge in [0.05, 0.1) is 23.5 Å². The number of nitrogens with one attached hydrogen (secondary N) is 1. The molecule has 0 amide bonds. The molecule has 2 rings (SSSR count). The van der Waals surface area contributed by atoms with Crippen molar-refractivity contribution in [1.82, 2.24) is 9.78 Å². The van der Waals surface area contributed by atoms with Gasteiger partial charge in [0.25, 0.3) is 10.0 Å². The highest BCUT2D eigenvalue weighted by Crippen LogP contribution is 2.23. The summed E-state index contributed by atoms with van der Waals surface area (Å²) in [4.78, 5) is -0.0713. The average Bonchev–Trinajstić information content (AvgIpc) is 2.85. The number of rotatable bonds is 4. The molecule has 1 aromatic carbocycles. The SMILES string of the molecule is CC(C)n1nccc1NS(=O)(=O)c1ccc(C#N)cc1N. The highest BCUT2D eigenvalue weighted by atomic mass is 32.2. The van der Waals surface area contributed by atoms with E-state index in [1.165, 1.54) is 24.4 Å². The lowest BCUT2D eigenvalue weighted by Crippen LogP contribution is -2.18. The Kier molecular flexibility index (Phi) is 3.86. The van der Waals surface area contributed by atoms with E-state index < -0.39 is 10.0 Å². The standard InChI is InChI=1S/C13H15N5O2S/c1-9(2)18-13(5-6-16-18)17-21(19,20)12-4-3-10(8-14)7-11(12)15/h3-7,9,17H,15H2,1-2H3. The summed E-state index contributed by atoms with van der Waals surface area (Å²) >= 11 is 0. The molecular weight excluding hydrogens is 290 g/mol. The first-order chi connectivity index (χ1) is 9.85. The van der Waals surface area contributed by atoms with Gasteiger partial charge < -0.3 is 5.73 Å². The summed E-state index contributed by atoms with van der Waals surface area (Å²) in [5.41, 5.74) is 6.05. The van der Waals surface area contributed by atoms with Gasteiger partial charge in [-0.2, -0.15) is 10.4 Å². The van der Waals surface area contributed by atoms with Crippen molar-refractivity contribution >= 4 is 21.5 Å². The molecule has 110 valence electrons. The lowest BCUT2D eigenvalue weighted by molar-refractivity contribution is 0.539. The number of sulfonamides is 1. The maximum absolute atomic E-state index is 12.4. The summed E-state index contributed by atoms with van der Waals surface area (Å²) in [7, 11) is -3.84. The molecule has 0 saturated heterocycles. The number of anilines is 2. The molecule has 3 N–H and O–H groups in total. The fraction of sp³-hybridized carbons (Fsp3) is 0.231. The van der Waals surface area contributed by atoms with Gasteiger partial charge in [-0.1, -0.05) is 0 Å². The van der Waals surface area contributed by atoms with Crippen LogP contribution in [0.3, 0.4) is 0 Å². The van der Waals surface area contributed by atoms with Crippen LogP contribution in [0, 0.1) is 11.3 Å².